The summed E-state index contributed by atoms with van der Waals surface area (Å²) in [5.74, 6) is 0. The van der Waals surface area contributed by atoms with Crippen LogP contribution in [0.5, 0.6) is 0 Å². The SMILES string of the molecule is C[C@H](CN(C)Cc1ccccc1)NC1CCOCC1. The van der Waals surface area contributed by atoms with Crippen molar-refractivity contribution in [1.82, 2.24) is 10.2 Å². The molecule has 1 aromatic carbocycles. The van der Waals surface area contributed by atoms with Gasteiger partial charge in [-0.1, -0.05) is 30.3 Å². The highest BCUT2D eigenvalue weighted by Crippen LogP contribution is 2.08. The molecule has 3 nitrogen and oxygen atoms in total. The van der Waals surface area contributed by atoms with Crippen LogP contribution in [-0.4, -0.2) is 43.8 Å². The van der Waals surface area contributed by atoms with Crippen molar-refractivity contribution in [1.29, 1.82) is 0 Å². The van der Waals surface area contributed by atoms with Crippen LogP contribution < -0.4 is 5.32 Å². The molecule has 1 saturated heterocycles. The van der Waals surface area contributed by atoms with Crippen molar-refractivity contribution < 1.29 is 4.74 Å². The Balaban J connectivity index is 1.70. The van der Waals surface area contributed by atoms with Gasteiger partial charge in [-0.3, -0.25) is 0 Å². The maximum Gasteiger partial charge on any atom is 0.0480 e. The fourth-order valence-corrected chi connectivity index (χ4v) is 2.75. The number of likely N-dealkylation sites (N-methyl/N-ethyl adjacent to an activating group) is 1. The highest BCUT2D eigenvalue weighted by molar-refractivity contribution is 5.14. The van der Waals surface area contributed by atoms with Crippen molar-refractivity contribution >= 4 is 0 Å². The molecule has 1 aliphatic heterocycles. The lowest BCUT2D eigenvalue weighted by molar-refractivity contribution is 0.0740. The highest BCUT2D eigenvalue weighted by atomic mass is 16.5. The second-order valence-electron chi connectivity index (χ2n) is 5.64. The van der Waals surface area contributed by atoms with Crippen LogP contribution in [0.4, 0.5) is 0 Å². The number of hydrogen-bond donors (Lipinski definition) is 1. The first-order valence-corrected chi connectivity index (χ1v) is 7.30. The largest absolute Gasteiger partial charge is 0.381 e. The molecule has 0 aliphatic carbocycles. The summed E-state index contributed by atoms with van der Waals surface area (Å²) in [6.45, 7) is 6.18. The molecule has 19 heavy (non-hydrogen) atoms. The van der Waals surface area contributed by atoms with E-state index in [4.69, 9.17) is 4.74 Å². The average Bonchev–Trinajstić information content (AvgIpc) is 2.40. The molecule has 0 unspecified atom stereocenters. The molecule has 3 heteroatoms. The molecule has 1 N–H and O–H groups in total. The van der Waals surface area contributed by atoms with Gasteiger partial charge < -0.3 is 15.0 Å². The first-order valence-electron chi connectivity index (χ1n) is 7.30. The fraction of sp³-hybridized carbons (Fsp3) is 0.625. The van der Waals surface area contributed by atoms with Gasteiger partial charge in [0.25, 0.3) is 0 Å². The number of benzene rings is 1. The Bertz CT molecular complexity index is 349. The molecule has 0 amide bonds. The van der Waals surface area contributed by atoms with Crippen molar-refractivity contribution in [3.05, 3.63) is 35.9 Å². The summed E-state index contributed by atoms with van der Waals surface area (Å²) in [6, 6.07) is 11.8. The van der Waals surface area contributed by atoms with Gasteiger partial charge in [0.2, 0.25) is 0 Å². The highest BCUT2D eigenvalue weighted by Gasteiger charge is 2.16. The minimum absolute atomic E-state index is 0.525. The molecule has 106 valence electrons. The van der Waals surface area contributed by atoms with E-state index in [-0.39, 0.29) is 0 Å². The predicted molar refractivity (Wildman–Crippen MR) is 79.2 cm³/mol. The lowest BCUT2D eigenvalue weighted by Gasteiger charge is -2.29. The van der Waals surface area contributed by atoms with Gasteiger partial charge in [-0.2, -0.15) is 0 Å². The quantitative estimate of drug-likeness (QED) is 0.851. The molecule has 1 heterocycles. The third kappa shape index (κ3) is 5.31. The van der Waals surface area contributed by atoms with Crippen LogP contribution in [0.1, 0.15) is 25.3 Å². The molecular formula is C16H26N2O. The Kier molecular flexibility index (Phi) is 5.83. The third-order valence-corrected chi connectivity index (χ3v) is 3.62. The first kappa shape index (κ1) is 14.5. The molecule has 0 radical (unpaired) electrons. The zero-order chi connectivity index (χ0) is 13.5. The lowest BCUT2D eigenvalue weighted by atomic mass is 10.1. The van der Waals surface area contributed by atoms with Crippen molar-refractivity contribution in [3.8, 4) is 0 Å². The van der Waals surface area contributed by atoms with Crippen LogP contribution in [0.15, 0.2) is 30.3 Å². The van der Waals surface area contributed by atoms with Crippen LogP contribution in [0.2, 0.25) is 0 Å². The lowest BCUT2D eigenvalue weighted by Crippen LogP contribution is -2.45. The number of ether oxygens (including phenoxy) is 1. The second kappa shape index (κ2) is 7.63. The summed E-state index contributed by atoms with van der Waals surface area (Å²) < 4.78 is 5.39. The van der Waals surface area contributed by atoms with E-state index >= 15 is 0 Å². The van der Waals surface area contributed by atoms with Gasteiger partial charge in [-0.15, -0.1) is 0 Å². The van der Waals surface area contributed by atoms with Gasteiger partial charge in [0.05, 0.1) is 0 Å². The monoisotopic (exact) mass is 262 g/mol. The number of rotatable bonds is 6. The van der Waals surface area contributed by atoms with Crippen LogP contribution in [0.3, 0.4) is 0 Å². The van der Waals surface area contributed by atoms with Gasteiger partial charge in [-0.25, -0.2) is 0 Å². The molecule has 0 aromatic heterocycles. The Labute approximate surface area is 116 Å². The van der Waals surface area contributed by atoms with E-state index < -0.39 is 0 Å². The zero-order valence-electron chi connectivity index (χ0n) is 12.1. The summed E-state index contributed by atoms with van der Waals surface area (Å²) in [5.41, 5.74) is 1.38. The van der Waals surface area contributed by atoms with Gasteiger partial charge in [0, 0.05) is 38.4 Å². The molecule has 2 rings (SSSR count). The van der Waals surface area contributed by atoms with E-state index in [2.05, 4.69) is 54.5 Å². The molecule has 0 spiro atoms. The summed E-state index contributed by atoms with van der Waals surface area (Å²) >= 11 is 0. The normalized spacial score (nSPS) is 18.7. The summed E-state index contributed by atoms with van der Waals surface area (Å²) in [4.78, 5) is 2.38. The summed E-state index contributed by atoms with van der Waals surface area (Å²) in [7, 11) is 2.19. The van der Waals surface area contributed by atoms with Crippen LogP contribution in [0, 0.1) is 0 Å². The van der Waals surface area contributed by atoms with Crippen molar-refractivity contribution in [2.45, 2.75) is 38.4 Å². The fourth-order valence-electron chi connectivity index (χ4n) is 2.75. The average molecular weight is 262 g/mol. The number of nitrogens with one attached hydrogen (secondary N) is 1. The van der Waals surface area contributed by atoms with Crippen molar-refractivity contribution in [2.24, 2.45) is 0 Å². The van der Waals surface area contributed by atoms with E-state index in [9.17, 15) is 0 Å². The molecule has 0 bridgehead atoms. The summed E-state index contributed by atoms with van der Waals surface area (Å²) in [6.07, 6.45) is 2.29. The van der Waals surface area contributed by atoms with E-state index in [1.165, 1.54) is 5.56 Å². The topological polar surface area (TPSA) is 24.5 Å². The maximum absolute atomic E-state index is 5.39. The van der Waals surface area contributed by atoms with E-state index in [1.807, 2.05) is 0 Å². The predicted octanol–water partition coefficient (Wildman–Crippen LogP) is 2.28. The minimum Gasteiger partial charge on any atom is -0.381 e. The molecule has 0 saturated carbocycles. The summed E-state index contributed by atoms with van der Waals surface area (Å²) in [5, 5.41) is 3.71. The van der Waals surface area contributed by atoms with Crippen LogP contribution in [0.25, 0.3) is 0 Å². The van der Waals surface area contributed by atoms with E-state index in [0.717, 1.165) is 39.1 Å². The van der Waals surface area contributed by atoms with Gasteiger partial charge in [0.1, 0.15) is 0 Å². The van der Waals surface area contributed by atoms with Crippen molar-refractivity contribution in [2.75, 3.05) is 26.8 Å². The first-order chi connectivity index (χ1) is 9.24. The second-order valence-corrected chi connectivity index (χ2v) is 5.64. The minimum atomic E-state index is 0.525. The molecule has 1 atom stereocenters. The molecule has 1 aliphatic rings. The van der Waals surface area contributed by atoms with Crippen LogP contribution >= 0.6 is 0 Å². The van der Waals surface area contributed by atoms with Crippen molar-refractivity contribution in [3.63, 3.8) is 0 Å². The van der Waals surface area contributed by atoms with Crippen LogP contribution in [-0.2, 0) is 11.3 Å². The third-order valence-electron chi connectivity index (χ3n) is 3.62. The Hall–Kier alpha value is -0.900. The Morgan fingerprint density at radius 1 is 1.26 bits per heavy atom. The maximum atomic E-state index is 5.39. The molecule has 1 fully saturated rings. The van der Waals surface area contributed by atoms with Gasteiger partial charge in [0.15, 0.2) is 0 Å². The standard InChI is InChI=1S/C16H26N2O/c1-14(17-16-8-10-19-11-9-16)12-18(2)13-15-6-4-3-5-7-15/h3-7,14,16-17H,8-13H2,1-2H3/t14-/m1/s1. The zero-order valence-corrected chi connectivity index (χ0v) is 12.1. The van der Waals surface area contributed by atoms with E-state index in [0.29, 0.717) is 12.1 Å². The Morgan fingerprint density at radius 3 is 2.63 bits per heavy atom. The molecule has 1 aromatic rings. The Morgan fingerprint density at radius 2 is 1.95 bits per heavy atom. The molecular weight excluding hydrogens is 236 g/mol. The van der Waals surface area contributed by atoms with E-state index in [1.54, 1.807) is 0 Å². The smallest absolute Gasteiger partial charge is 0.0480 e. The van der Waals surface area contributed by atoms with Gasteiger partial charge in [-0.05, 0) is 32.4 Å². The number of hydrogen-bond acceptors (Lipinski definition) is 3. The number of nitrogens with zero attached hydrogens (tertiary/aromatic N) is 1. The van der Waals surface area contributed by atoms with Gasteiger partial charge >= 0.3 is 0 Å².